The second-order valence-electron chi connectivity index (χ2n) is 13.7. The van der Waals surface area contributed by atoms with Gasteiger partial charge in [0.1, 0.15) is 35.2 Å². The standard InChI is InChI=1S/C35H39F2N5O3/c1-3-24-27(36)7-6-22-14-23(43)15-25(28(22)24)30-29(37)31-26(17-38-30)32(41-11-5-9-35(19-41)10-13-45-35)40-33(39-31)44-20-34-8-4-12-42(34)18-21(2)16-34/h6-7,14-15,17,21,43H,3-5,8-13,16,18-20H2,1-2H3/t21-,34+,35+/m1/s1. The van der Waals surface area contributed by atoms with Gasteiger partial charge >= 0.3 is 6.01 Å². The summed E-state index contributed by atoms with van der Waals surface area (Å²) in [5.74, 6) is 0.0996. The summed E-state index contributed by atoms with van der Waals surface area (Å²) in [5.41, 5.74) is 0.621. The molecule has 4 fully saturated rings. The topological polar surface area (TPSA) is 83.8 Å². The van der Waals surface area contributed by atoms with Crippen molar-refractivity contribution in [3.8, 4) is 23.0 Å². The Balaban J connectivity index is 1.27. The number of benzene rings is 2. The molecule has 1 spiro atoms. The molecule has 0 saturated carbocycles. The molecule has 2 aromatic carbocycles. The van der Waals surface area contributed by atoms with E-state index in [9.17, 15) is 9.50 Å². The van der Waals surface area contributed by atoms with E-state index in [1.165, 1.54) is 12.1 Å². The van der Waals surface area contributed by atoms with Crippen molar-refractivity contribution in [2.24, 2.45) is 5.92 Å². The highest BCUT2D eigenvalue weighted by Crippen LogP contribution is 2.43. The minimum atomic E-state index is -0.652. The molecule has 8 nitrogen and oxygen atoms in total. The number of rotatable bonds is 6. The monoisotopic (exact) mass is 615 g/mol. The lowest BCUT2D eigenvalue weighted by molar-refractivity contribution is -0.151. The number of phenolic OH excluding ortho intramolecular Hbond substituents is 1. The van der Waals surface area contributed by atoms with E-state index in [2.05, 4.69) is 26.7 Å². The molecular formula is C35H39F2N5O3. The molecule has 1 N–H and O–H groups in total. The van der Waals surface area contributed by atoms with Gasteiger partial charge in [-0.05, 0) is 85.5 Å². The molecule has 4 aliphatic heterocycles. The Bertz CT molecular complexity index is 1810. The highest BCUT2D eigenvalue weighted by atomic mass is 19.1. The Labute approximate surface area is 261 Å². The molecule has 4 saturated heterocycles. The molecule has 6 heterocycles. The van der Waals surface area contributed by atoms with Crippen molar-refractivity contribution in [2.45, 2.75) is 69.9 Å². The van der Waals surface area contributed by atoms with Gasteiger partial charge in [0.2, 0.25) is 0 Å². The van der Waals surface area contributed by atoms with Gasteiger partial charge in [-0.1, -0.05) is 19.9 Å². The summed E-state index contributed by atoms with van der Waals surface area (Å²) in [6.07, 6.45) is 8.18. The number of piperidine rings is 1. The highest BCUT2D eigenvalue weighted by molar-refractivity contribution is 6.01. The second kappa shape index (κ2) is 10.7. The van der Waals surface area contributed by atoms with E-state index < -0.39 is 5.82 Å². The molecular weight excluding hydrogens is 576 g/mol. The zero-order valence-electron chi connectivity index (χ0n) is 25.9. The number of hydrogen-bond acceptors (Lipinski definition) is 8. The Morgan fingerprint density at radius 1 is 1.11 bits per heavy atom. The molecule has 2 aromatic heterocycles. The van der Waals surface area contributed by atoms with E-state index in [0.29, 0.717) is 58.6 Å². The van der Waals surface area contributed by atoms with Crippen molar-refractivity contribution in [1.29, 1.82) is 0 Å². The number of halogens is 2. The Kier molecular flexibility index (Phi) is 6.87. The van der Waals surface area contributed by atoms with E-state index in [-0.39, 0.29) is 39.9 Å². The molecule has 4 aliphatic rings. The lowest BCUT2D eigenvalue weighted by Crippen LogP contribution is -2.56. The van der Waals surface area contributed by atoms with Crippen LogP contribution in [0, 0.1) is 17.6 Å². The lowest BCUT2D eigenvalue weighted by atomic mass is 9.86. The zero-order valence-corrected chi connectivity index (χ0v) is 25.9. The average molecular weight is 616 g/mol. The summed E-state index contributed by atoms with van der Waals surface area (Å²) in [7, 11) is 0. The maximum Gasteiger partial charge on any atom is 0.319 e. The Morgan fingerprint density at radius 2 is 1.96 bits per heavy atom. The largest absolute Gasteiger partial charge is 0.508 e. The third-order valence-electron chi connectivity index (χ3n) is 10.7. The van der Waals surface area contributed by atoms with Crippen LogP contribution in [-0.2, 0) is 11.2 Å². The number of anilines is 1. The number of ether oxygens (including phenoxy) is 2. The second-order valence-corrected chi connectivity index (χ2v) is 13.7. The van der Waals surface area contributed by atoms with Gasteiger partial charge in [-0.2, -0.15) is 9.97 Å². The van der Waals surface area contributed by atoms with E-state index in [1.54, 1.807) is 18.3 Å². The first-order valence-corrected chi connectivity index (χ1v) is 16.4. The van der Waals surface area contributed by atoms with E-state index in [1.807, 2.05) is 6.92 Å². The average Bonchev–Trinajstić information content (AvgIpc) is 3.55. The van der Waals surface area contributed by atoms with Crippen LogP contribution in [0.3, 0.4) is 0 Å². The summed E-state index contributed by atoms with van der Waals surface area (Å²) in [6.45, 7) is 8.88. The van der Waals surface area contributed by atoms with Gasteiger partial charge in [-0.3, -0.25) is 9.88 Å². The van der Waals surface area contributed by atoms with Crippen LogP contribution in [0.15, 0.2) is 30.5 Å². The van der Waals surface area contributed by atoms with E-state index in [4.69, 9.17) is 14.5 Å². The number of aromatic nitrogens is 3. The quantitative estimate of drug-likeness (QED) is 0.267. The Morgan fingerprint density at radius 3 is 2.76 bits per heavy atom. The number of aromatic hydroxyl groups is 1. The van der Waals surface area contributed by atoms with Gasteiger partial charge in [0.05, 0.1) is 23.1 Å². The van der Waals surface area contributed by atoms with Crippen molar-refractivity contribution in [2.75, 3.05) is 44.3 Å². The van der Waals surface area contributed by atoms with Crippen LogP contribution in [0.1, 0.15) is 57.9 Å². The predicted molar refractivity (Wildman–Crippen MR) is 169 cm³/mol. The summed E-state index contributed by atoms with van der Waals surface area (Å²) in [5, 5.41) is 12.2. The van der Waals surface area contributed by atoms with Crippen LogP contribution in [0.5, 0.6) is 11.8 Å². The smallest absolute Gasteiger partial charge is 0.319 e. The first kappa shape index (κ1) is 28.8. The fourth-order valence-corrected chi connectivity index (χ4v) is 8.56. The summed E-state index contributed by atoms with van der Waals surface area (Å²) < 4.78 is 44.3. The van der Waals surface area contributed by atoms with Crippen LogP contribution >= 0.6 is 0 Å². The zero-order chi connectivity index (χ0) is 30.9. The van der Waals surface area contributed by atoms with Gasteiger partial charge < -0.3 is 19.5 Å². The van der Waals surface area contributed by atoms with Crippen molar-refractivity contribution in [3.63, 3.8) is 0 Å². The fraction of sp³-hybridized carbons (Fsp3) is 0.514. The molecule has 0 unspecified atom stereocenters. The molecule has 0 amide bonds. The summed E-state index contributed by atoms with van der Waals surface area (Å²) >= 11 is 0. The van der Waals surface area contributed by atoms with Crippen molar-refractivity contribution in [3.05, 3.63) is 47.7 Å². The summed E-state index contributed by atoms with van der Waals surface area (Å²) in [4.78, 5) is 18.9. The first-order valence-electron chi connectivity index (χ1n) is 16.4. The SMILES string of the molecule is CCc1c(F)ccc2cc(O)cc(-c3ncc4c(N5CCC[C@]6(CCO6)C5)nc(OC[C@@]56CCCN5C[C@H](C)C6)nc4c3F)c12. The molecule has 0 radical (unpaired) electrons. The number of fused-ring (bicyclic) bond motifs is 3. The molecule has 236 valence electrons. The molecule has 0 bridgehead atoms. The van der Waals surface area contributed by atoms with Crippen LogP contribution in [0.4, 0.5) is 14.6 Å². The van der Waals surface area contributed by atoms with Crippen LogP contribution in [0.2, 0.25) is 0 Å². The van der Waals surface area contributed by atoms with E-state index >= 15 is 4.39 Å². The predicted octanol–water partition coefficient (Wildman–Crippen LogP) is 6.40. The van der Waals surface area contributed by atoms with Gasteiger partial charge in [0, 0.05) is 37.8 Å². The molecule has 3 atom stereocenters. The molecule has 45 heavy (non-hydrogen) atoms. The molecule has 10 heteroatoms. The molecule has 0 aliphatic carbocycles. The van der Waals surface area contributed by atoms with Gasteiger partial charge in [0.25, 0.3) is 0 Å². The number of hydrogen-bond donors (Lipinski definition) is 1. The first-order chi connectivity index (χ1) is 21.8. The number of aryl methyl sites for hydroxylation is 1. The van der Waals surface area contributed by atoms with Gasteiger partial charge in [-0.15, -0.1) is 0 Å². The highest BCUT2D eigenvalue weighted by Gasteiger charge is 2.48. The fourth-order valence-electron chi connectivity index (χ4n) is 8.56. The maximum absolute atomic E-state index is 16.9. The van der Waals surface area contributed by atoms with Gasteiger partial charge in [-0.25, -0.2) is 8.78 Å². The Hall–Kier alpha value is -3.63. The third-order valence-corrected chi connectivity index (χ3v) is 10.7. The van der Waals surface area contributed by atoms with E-state index in [0.717, 1.165) is 64.8 Å². The molecule has 4 aromatic rings. The van der Waals surface area contributed by atoms with Crippen molar-refractivity contribution in [1.82, 2.24) is 19.9 Å². The third kappa shape index (κ3) is 4.71. The van der Waals surface area contributed by atoms with Crippen molar-refractivity contribution < 1.29 is 23.4 Å². The maximum atomic E-state index is 16.9. The number of nitrogens with zero attached hydrogens (tertiary/aromatic N) is 5. The van der Waals surface area contributed by atoms with Crippen LogP contribution < -0.4 is 9.64 Å². The van der Waals surface area contributed by atoms with Crippen LogP contribution in [-0.4, -0.2) is 75.5 Å². The number of phenols is 1. The van der Waals surface area contributed by atoms with Crippen molar-refractivity contribution >= 4 is 27.5 Å². The minimum Gasteiger partial charge on any atom is -0.508 e. The van der Waals surface area contributed by atoms with Gasteiger partial charge in [0.15, 0.2) is 5.82 Å². The summed E-state index contributed by atoms with van der Waals surface area (Å²) in [6, 6.07) is 6.14. The van der Waals surface area contributed by atoms with Crippen LogP contribution in [0.25, 0.3) is 32.9 Å². The number of pyridine rings is 1. The minimum absolute atomic E-state index is 0.00178. The molecule has 8 rings (SSSR count). The normalized spacial score (nSPS) is 26.6. The lowest BCUT2D eigenvalue weighted by Gasteiger charge is -2.48.